The van der Waals surface area contributed by atoms with E-state index in [0.717, 1.165) is 12.8 Å². The van der Waals surface area contributed by atoms with Gasteiger partial charge in [-0.05, 0) is 37.9 Å². The average molecular weight is 400 g/mol. The Kier molecular flexibility index (Phi) is 10.3. The second-order valence-electron chi connectivity index (χ2n) is 6.61. The van der Waals surface area contributed by atoms with Gasteiger partial charge in [0.25, 0.3) is 0 Å². The maximum atomic E-state index is 12.2. The van der Waals surface area contributed by atoms with E-state index >= 15 is 0 Å². The third kappa shape index (κ3) is 8.25. The van der Waals surface area contributed by atoms with Gasteiger partial charge in [-0.15, -0.1) is 0 Å². The number of unbranched alkanes of at least 4 members (excludes halogenated alkanes) is 1. The number of benzene rings is 2. The van der Waals surface area contributed by atoms with Crippen molar-refractivity contribution >= 4 is 17.7 Å². The zero-order chi connectivity index (χ0) is 21.8. The first-order valence-corrected chi connectivity index (χ1v) is 9.38. The van der Waals surface area contributed by atoms with Gasteiger partial charge < -0.3 is 21.7 Å². The first-order chi connectivity index (χ1) is 13.8. The minimum Gasteiger partial charge on any atom is -0.481 e. The minimum atomic E-state index is -0.933. The van der Waals surface area contributed by atoms with E-state index in [4.69, 9.17) is 21.7 Å². The van der Waals surface area contributed by atoms with Crippen molar-refractivity contribution in [1.29, 1.82) is 0 Å². The van der Waals surface area contributed by atoms with E-state index in [0.29, 0.717) is 29.7 Å². The van der Waals surface area contributed by atoms with Gasteiger partial charge in [0.1, 0.15) is 6.04 Å². The third-order valence-corrected chi connectivity index (χ3v) is 4.34. The Morgan fingerprint density at radius 1 is 0.897 bits per heavy atom. The van der Waals surface area contributed by atoms with Crippen molar-refractivity contribution in [3.63, 3.8) is 0 Å². The fourth-order valence-electron chi connectivity index (χ4n) is 2.48. The van der Waals surface area contributed by atoms with Crippen LogP contribution in [0.25, 0.3) is 0 Å². The molecule has 0 aliphatic rings. The highest BCUT2D eigenvalue weighted by molar-refractivity contribution is 6.09. The summed E-state index contributed by atoms with van der Waals surface area (Å²) in [6.07, 6.45) is 2.16. The zero-order valence-electron chi connectivity index (χ0n) is 16.5. The summed E-state index contributed by atoms with van der Waals surface area (Å²) in [5.74, 6) is -2.55. The monoisotopic (exact) mass is 400 g/mol. The Labute approximate surface area is 170 Å². The van der Waals surface area contributed by atoms with Gasteiger partial charge in [0.05, 0.1) is 5.92 Å². The molecule has 7 nitrogen and oxygen atoms in total. The van der Waals surface area contributed by atoms with Crippen LogP contribution in [-0.2, 0) is 9.59 Å². The van der Waals surface area contributed by atoms with Crippen molar-refractivity contribution in [1.82, 2.24) is 0 Å². The molecule has 2 rings (SSSR count). The van der Waals surface area contributed by atoms with Crippen LogP contribution in [0.15, 0.2) is 54.6 Å². The largest absolute Gasteiger partial charge is 0.481 e. The van der Waals surface area contributed by atoms with E-state index in [2.05, 4.69) is 0 Å². The molecule has 156 valence electrons. The normalized spacial score (nSPS) is 12.2. The lowest BCUT2D eigenvalue weighted by Gasteiger charge is -2.08. The molecule has 0 saturated carbocycles. The predicted molar refractivity (Wildman–Crippen MR) is 111 cm³/mol. The molecular formula is C22H28N2O5. The summed E-state index contributed by atoms with van der Waals surface area (Å²) in [6.45, 7) is 2.21. The molecule has 7 heteroatoms. The highest BCUT2D eigenvalue weighted by Crippen LogP contribution is 2.18. The third-order valence-electron chi connectivity index (χ3n) is 4.34. The van der Waals surface area contributed by atoms with Gasteiger partial charge in [-0.1, -0.05) is 55.0 Å². The van der Waals surface area contributed by atoms with E-state index in [-0.39, 0.29) is 5.78 Å². The summed E-state index contributed by atoms with van der Waals surface area (Å²) in [6, 6.07) is 15.0. The van der Waals surface area contributed by atoms with Crippen LogP contribution < -0.4 is 11.5 Å². The Balaban J connectivity index is 0.000000359. The fourth-order valence-corrected chi connectivity index (χ4v) is 2.48. The van der Waals surface area contributed by atoms with E-state index in [1.54, 1.807) is 55.5 Å². The van der Waals surface area contributed by atoms with Crippen molar-refractivity contribution in [3.8, 4) is 0 Å². The standard InChI is InChI=1S/C16H14O3.C6H14N2O2/c1-11(16(18)19)13-8-5-9-14(10-13)15(17)12-6-3-2-4-7-12;7-4-2-1-3-5(8)6(9)10/h2-11H,1H3,(H,18,19);5H,1-4,7-8H2,(H,9,10)/t;5-/m.0/s1. The summed E-state index contributed by atoms with van der Waals surface area (Å²) in [5, 5.41) is 17.3. The molecule has 0 bridgehead atoms. The number of carboxylic acids is 2. The molecule has 0 aliphatic heterocycles. The Hall–Kier alpha value is -3.03. The average Bonchev–Trinajstić information content (AvgIpc) is 2.73. The van der Waals surface area contributed by atoms with E-state index in [9.17, 15) is 14.4 Å². The SMILES string of the molecule is CC(C(=O)O)c1cccc(C(=O)c2ccccc2)c1.NCCCC[C@H](N)C(=O)O. The second kappa shape index (κ2) is 12.4. The maximum Gasteiger partial charge on any atom is 0.320 e. The molecule has 0 radical (unpaired) electrons. The summed E-state index contributed by atoms with van der Waals surface area (Å²) >= 11 is 0. The first-order valence-electron chi connectivity index (χ1n) is 9.38. The highest BCUT2D eigenvalue weighted by Gasteiger charge is 2.16. The van der Waals surface area contributed by atoms with Crippen molar-refractivity contribution in [2.24, 2.45) is 11.5 Å². The van der Waals surface area contributed by atoms with Crippen LogP contribution in [-0.4, -0.2) is 40.5 Å². The van der Waals surface area contributed by atoms with Crippen LogP contribution in [0, 0.1) is 0 Å². The number of ketones is 1. The molecule has 1 unspecified atom stereocenters. The Morgan fingerprint density at radius 2 is 1.52 bits per heavy atom. The number of carbonyl (C=O) groups excluding carboxylic acids is 1. The van der Waals surface area contributed by atoms with E-state index < -0.39 is 23.9 Å². The van der Waals surface area contributed by atoms with Crippen LogP contribution in [0.3, 0.4) is 0 Å². The molecule has 0 fully saturated rings. The molecule has 2 aromatic rings. The van der Waals surface area contributed by atoms with Gasteiger partial charge in [-0.2, -0.15) is 0 Å². The fraction of sp³-hybridized carbons (Fsp3) is 0.318. The van der Waals surface area contributed by atoms with Gasteiger partial charge in [-0.3, -0.25) is 14.4 Å². The van der Waals surface area contributed by atoms with Crippen molar-refractivity contribution in [2.75, 3.05) is 6.54 Å². The zero-order valence-corrected chi connectivity index (χ0v) is 16.5. The summed E-state index contributed by atoms with van der Waals surface area (Å²) in [5.41, 5.74) is 12.2. The lowest BCUT2D eigenvalue weighted by atomic mass is 9.96. The molecule has 0 heterocycles. The molecule has 0 amide bonds. The summed E-state index contributed by atoms with van der Waals surface area (Å²) in [7, 11) is 0. The molecule has 0 aliphatic carbocycles. The smallest absolute Gasteiger partial charge is 0.320 e. The molecule has 0 saturated heterocycles. The number of aliphatic carboxylic acids is 2. The van der Waals surface area contributed by atoms with Crippen LogP contribution in [0.4, 0.5) is 0 Å². The Morgan fingerprint density at radius 3 is 2.07 bits per heavy atom. The highest BCUT2D eigenvalue weighted by atomic mass is 16.4. The molecular weight excluding hydrogens is 372 g/mol. The number of nitrogens with two attached hydrogens (primary N) is 2. The van der Waals surface area contributed by atoms with Gasteiger partial charge in [0, 0.05) is 11.1 Å². The Bertz CT molecular complexity index is 808. The van der Waals surface area contributed by atoms with Gasteiger partial charge in [-0.25, -0.2) is 0 Å². The quantitative estimate of drug-likeness (QED) is 0.374. The number of carboxylic acid groups (broad SMARTS) is 2. The molecule has 29 heavy (non-hydrogen) atoms. The van der Waals surface area contributed by atoms with Crippen LogP contribution in [0.2, 0.25) is 0 Å². The number of rotatable bonds is 9. The number of hydrogen-bond acceptors (Lipinski definition) is 5. The van der Waals surface area contributed by atoms with E-state index in [1.807, 2.05) is 6.07 Å². The molecule has 2 aromatic carbocycles. The lowest BCUT2D eigenvalue weighted by Crippen LogP contribution is -2.29. The molecule has 6 N–H and O–H groups in total. The minimum absolute atomic E-state index is 0.0972. The van der Waals surface area contributed by atoms with Gasteiger partial charge in [0.15, 0.2) is 5.78 Å². The predicted octanol–water partition coefficient (Wildman–Crippen LogP) is 2.63. The van der Waals surface area contributed by atoms with Crippen molar-refractivity contribution in [3.05, 3.63) is 71.3 Å². The molecule has 0 spiro atoms. The lowest BCUT2D eigenvalue weighted by molar-refractivity contribution is -0.139. The summed E-state index contributed by atoms with van der Waals surface area (Å²) < 4.78 is 0. The topological polar surface area (TPSA) is 144 Å². The maximum absolute atomic E-state index is 12.2. The van der Waals surface area contributed by atoms with Crippen LogP contribution in [0.5, 0.6) is 0 Å². The first kappa shape index (κ1) is 24.0. The molecule has 0 aromatic heterocycles. The van der Waals surface area contributed by atoms with Crippen LogP contribution in [0.1, 0.15) is 53.6 Å². The summed E-state index contributed by atoms with van der Waals surface area (Å²) in [4.78, 5) is 33.3. The van der Waals surface area contributed by atoms with E-state index in [1.165, 1.54) is 0 Å². The second-order valence-corrected chi connectivity index (χ2v) is 6.61. The molecule has 2 atom stereocenters. The van der Waals surface area contributed by atoms with Gasteiger partial charge in [0.2, 0.25) is 0 Å². The van der Waals surface area contributed by atoms with Crippen LogP contribution >= 0.6 is 0 Å². The van der Waals surface area contributed by atoms with Gasteiger partial charge >= 0.3 is 11.9 Å². The number of hydrogen-bond donors (Lipinski definition) is 4. The number of carbonyl (C=O) groups is 3. The van der Waals surface area contributed by atoms with Crippen molar-refractivity contribution < 1.29 is 24.6 Å². The van der Waals surface area contributed by atoms with Crippen molar-refractivity contribution in [2.45, 2.75) is 38.1 Å².